The van der Waals surface area contributed by atoms with Crippen LogP contribution in [-0.2, 0) is 19.3 Å². The van der Waals surface area contributed by atoms with Crippen LogP contribution in [0.25, 0.3) is 0 Å². The second-order valence-electron chi connectivity index (χ2n) is 5.50. The maximum Gasteiger partial charge on any atom is 0.0626 e. The van der Waals surface area contributed by atoms with Crippen molar-refractivity contribution in [1.29, 1.82) is 0 Å². The number of rotatable bonds is 3. The lowest BCUT2D eigenvalue weighted by Gasteiger charge is -2.18. The molecule has 1 atom stereocenters. The number of aryl methyl sites for hydroxylation is 2. The van der Waals surface area contributed by atoms with Gasteiger partial charge in [0.25, 0.3) is 0 Å². The highest BCUT2D eigenvalue weighted by Gasteiger charge is 2.15. The van der Waals surface area contributed by atoms with Gasteiger partial charge in [0.05, 0.1) is 5.38 Å². The van der Waals surface area contributed by atoms with Gasteiger partial charge in [0.2, 0.25) is 0 Å². The van der Waals surface area contributed by atoms with Gasteiger partial charge in [0.15, 0.2) is 0 Å². The van der Waals surface area contributed by atoms with E-state index in [9.17, 15) is 0 Å². The van der Waals surface area contributed by atoms with Gasteiger partial charge in [-0.15, -0.1) is 11.6 Å². The van der Waals surface area contributed by atoms with Crippen molar-refractivity contribution in [2.24, 2.45) is 0 Å². The van der Waals surface area contributed by atoms with E-state index in [-0.39, 0.29) is 5.38 Å². The Morgan fingerprint density at radius 1 is 0.950 bits per heavy atom. The van der Waals surface area contributed by atoms with Gasteiger partial charge in [-0.2, -0.15) is 0 Å². The van der Waals surface area contributed by atoms with Gasteiger partial charge in [0, 0.05) is 5.02 Å². The fraction of sp³-hybridized carbons (Fsp3) is 0.333. The van der Waals surface area contributed by atoms with Crippen LogP contribution in [0.5, 0.6) is 0 Å². The number of fused-ring (bicyclic) bond motifs is 1. The Bertz CT molecular complexity index is 604. The van der Waals surface area contributed by atoms with Crippen LogP contribution < -0.4 is 0 Å². The molecule has 20 heavy (non-hydrogen) atoms. The molecule has 0 spiro atoms. The number of hydrogen-bond acceptors (Lipinski definition) is 0. The maximum atomic E-state index is 6.60. The summed E-state index contributed by atoms with van der Waals surface area (Å²) >= 11 is 12.8. The minimum atomic E-state index is -0.0119. The van der Waals surface area contributed by atoms with Gasteiger partial charge >= 0.3 is 0 Å². The van der Waals surface area contributed by atoms with E-state index in [1.54, 1.807) is 0 Å². The van der Waals surface area contributed by atoms with E-state index in [4.69, 9.17) is 23.2 Å². The van der Waals surface area contributed by atoms with E-state index < -0.39 is 0 Å². The van der Waals surface area contributed by atoms with Crippen molar-refractivity contribution >= 4 is 23.2 Å². The third-order valence-electron chi connectivity index (χ3n) is 4.09. The van der Waals surface area contributed by atoms with Crippen LogP contribution in [0.4, 0.5) is 0 Å². The minimum absolute atomic E-state index is 0.0119. The van der Waals surface area contributed by atoms with E-state index in [1.807, 2.05) is 18.2 Å². The zero-order valence-corrected chi connectivity index (χ0v) is 12.9. The Morgan fingerprint density at radius 2 is 1.70 bits per heavy atom. The predicted octanol–water partition coefficient (Wildman–Crippen LogP) is 5.74. The summed E-state index contributed by atoms with van der Waals surface area (Å²) in [5.74, 6) is 0. The molecule has 2 aromatic carbocycles. The van der Waals surface area contributed by atoms with Crippen molar-refractivity contribution in [3.63, 3.8) is 0 Å². The van der Waals surface area contributed by atoms with E-state index in [0.29, 0.717) is 0 Å². The lowest BCUT2D eigenvalue weighted by Crippen LogP contribution is -2.05. The Kier molecular flexibility index (Phi) is 4.33. The van der Waals surface area contributed by atoms with Gasteiger partial charge in [-0.1, -0.05) is 48.0 Å². The third kappa shape index (κ3) is 3.02. The molecule has 0 aliphatic heterocycles. The van der Waals surface area contributed by atoms with Crippen molar-refractivity contribution < 1.29 is 0 Å². The second kappa shape index (κ2) is 6.20. The van der Waals surface area contributed by atoms with Gasteiger partial charge in [-0.05, 0) is 60.4 Å². The van der Waals surface area contributed by atoms with Gasteiger partial charge in [-0.25, -0.2) is 0 Å². The molecule has 0 saturated heterocycles. The first-order valence-corrected chi connectivity index (χ1v) is 8.04. The molecule has 0 nitrogen and oxygen atoms in total. The summed E-state index contributed by atoms with van der Waals surface area (Å²) in [4.78, 5) is 0. The lowest BCUT2D eigenvalue weighted by molar-refractivity contribution is 0.683. The Balaban J connectivity index is 1.80. The monoisotopic (exact) mass is 304 g/mol. The molecule has 1 aliphatic rings. The van der Waals surface area contributed by atoms with Crippen LogP contribution in [0.1, 0.15) is 40.5 Å². The molecule has 1 unspecified atom stereocenters. The van der Waals surface area contributed by atoms with E-state index in [1.165, 1.54) is 42.4 Å². The quantitative estimate of drug-likeness (QED) is 0.634. The summed E-state index contributed by atoms with van der Waals surface area (Å²) in [5.41, 5.74) is 5.32. The summed E-state index contributed by atoms with van der Waals surface area (Å²) in [7, 11) is 0. The third-order valence-corrected chi connectivity index (χ3v) is 4.87. The molecule has 0 heterocycles. The first-order chi connectivity index (χ1) is 9.74. The molecule has 0 saturated carbocycles. The highest BCUT2D eigenvalue weighted by Crippen LogP contribution is 2.31. The average Bonchev–Trinajstić information content (AvgIpc) is 2.49. The molecule has 0 aromatic heterocycles. The van der Waals surface area contributed by atoms with Gasteiger partial charge in [-0.3, -0.25) is 0 Å². The number of alkyl halides is 1. The van der Waals surface area contributed by atoms with Crippen LogP contribution in [0.3, 0.4) is 0 Å². The standard InChI is InChI=1S/C18H18Cl2/c19-17-8-4-3-7-15(17)12-18(20)16-10-9-13-5-1-2-6-14(13)11-16/h3-4,7-11,18H,1-2,5-6,12H2. The summed E-state index contributed by atoms with van der Waals surface area (Å²) in [5, 5.41) is 0.790. The summed E-state index contributed by atoms with van der Waals surface area (Å²) in [6.45, 7) is 0. The molecule has 0 bridgehead atoms. The van der Waals surface area contributed by atoms with Crippen molar-refractivity contribution in [3.8, 4) is 0 Å². The molecule has 0 N–H and O–H groups in total. The number of benzene rings is 2. The second-order valence-corrected chi connectivity index (χ2v) is 6.43. The van der Waals surface area contributed by atoms with Crippen LogP contribution in [0, 0.1) is 0 Å². The molecule has 1 aliphatic carbocycles. The zero-order chi connectivity index (χ0) is 13.9. The summed E-state index contributed by atoms with van der Waals surface area (Å²) < 4.78 is 0. The highest BCUT2D eigenvalue weighted by molar-refractivity contribution is 6.31. The smallest absolute Gasteiger partial charge is 0.0626 e. The first-order valence-electron chi connectivity index (χ1n) is 7.23. The Labute approximate surface area is 130 Å². The van der Waals surface area contributed by atoms with Crippen molar-refractivity contribution in [1.82, 2.24) is 0 Å². The van der Waals surface area contributed by atoms with Gasteiger partial charge in [0.1, 0.15) is 0 Å². The molecule has 0 fully saturated rings. The molecular formula is C18H18Cl2. The van der Waals surface area contributed by atoms with Crippen molar-refractivity contribution in [2.45, 2.75) is 37.5 Å². The first kappa shape index (κ1) is 14.0. The van der Waals surface area contributed by atoms with Crippen LogP contribution in [0.15, 0.2) is 42.5 Å². The molecule has 104 valence electrons. The molecule has 3 rings (SSSR count). The van der Waals surface area contributed by atoms with Crippen LogP contribution >= 0.6 is 23.2 Å². The highest BCUT2D eigenvalue weighted by atomic mass is 35.5. The fourth-order valence-electron chi connectivity index (χ4n) is 2.92. The fourth-order valence-corrected chi connectivity index (χ4v) is 3.44. The summed E-state index contributed by atoms with van der Waals surface area (Å²) in [6, 6.07) is 14.7. The SMILES string of the molecule is Clc1ccccc1CC(Cl)c1ccc2c(c1)CCCC2. The van der Waals surface area contributed by atoms with Crippen molar-refractivity contribution in [2.75, 3.05) is 0 Å². The number of hydrogen-bond donors (Lipinski definition) is 0. The molecular weight excluding hydrogens is 287 g/mol. The van der Waals surface area contributed by atoms with Crippen LogP contribution in [-0.4, -0.2) is 0 Å². The number of halogens is 2. The van der Waals surface area contributed by atoms with Crippen LogP contribution in [0.2, 0.25) is 5.02 Å². The maximum absolute atomic E-state index is 6.60. The van der Waals surface area contributed by atoms with Crippen molar-refractivity contribution in [3.05, 3.63) is 69.7 Å². The average molecular weight is 305 g/mol. The van der Waals surface area contributed by atoms with E-state index >= 15 is 0 Å². The summed E-state index contributed by atoms with van der Waals surface area (Å²) in [6.07, 6.45) is 5.80. The lowest BCUT2D eigenvalue weighted by atomic mass is 9.89. The molecule has 2 aromatic rings. The predicted molar refractivity (Wildman–Crippen MR) is 86.8 cm³/mol. The molecule has 0 amide bonds. The Morgan fingerprint density at radius 3 is 2.50 bits per heavy atom. The van der Waals surface area contributed by atoms with E-state index in [2.05, 4.69) is 24.3 Å². The normalized spacial score (nSPS) is 15.7. The molecule has 2 heteroatoms. The minimum Gasteiger partial charge on any atom is -0.117 e. The van der Waals surface area contributed by atoms with Gasteiger partial charge < -0.3 is 0 Å². The topological polar surface area (TPSA) is 0 Å². The zero-order valence-electron chi connectivity index (χ0n) is 11.4. The van der Waals surface area contributed by atoms with E-state index in [0.717, 1.165) is 17.0 Å². The molecule has 0 radical (unpaired) electrons. The largest absolute Gasteiger partial charge is 0.117 e. The Hall–Kier alpha value is -0.980.